The van der Waals surface area contributed by atoms with Gasteiger partial charge in [0.05, 0.1) is 17.5 Å². The molecule has 0 fully saturated rings. The van der Waals surface area contributed by atoms with E-state index in [4.69, 9.17) is 4.74 Å². The molecule has 1 aromatic rings. The highest BCUT2D eigenvalue weighted by Crippen LogP contribution is 2.11. The summed E-state index contributed by atoms with van der Waals surface area (Å²) in [7, 11) is -1.20. The third-order valence-corrected chi connectivity index (χ3v) is 4.84. The van der Waals surface area contributed by atoms with Gasteiger partial charge in [-0.15, -0.1) is 0 Å². The molecule has 0 spiro atoms. The molecule has 0 heterocycles. The fraction of sp³-hybridized carbons (Fsp3) is 0.429. The first kappa shape index (κ1) is 16.1. The first-order chi connectivity index (χ1) is 8.83. The summed E-state index contributed by atoms with van der Waals surface area (Å²) in [5.74, 6) is -0.403. The lowest BCUT2D eigenvalue weighted by Gasteiger charge is -2.15. The molecule has 0 aromatic heterocycles. The van der Waals surface area contributed by atoms with Crippen LogP contribution < -0.4 is 0 Å². The second-order valence-corrected chi connectivity index (χ2v) is 11.8. The van der Waals surface area contributed by atoms with Crippen molar-refractivity contribution in [2.24, 2.45) is 0 Å². The number of ketones is 1. The first-order valence-electron chi connectivity index (χ1n) is 6.20. The number of hydrogen-bond acceptors (Lipinski definition) is 3. The molecular weight excluding hydrogens is 324 g/mol. The molecule has 0 N–H and O–H groups in total. The second-order valence-electron chi connectivity index (χ2n) is 5.58. The van der Waals surface area contributed by atoms with Gasteiger partial charge >= 0.3 is 5.97 Å². The van der Waals surface area contributed by atoms with Gasteiger partial charge in [-0.1, -0.05) is 47.7 Å². The summed E-state index contributed by atoms with van der Waals surface area (Å²) >= 11 is 3.12. The van der Waals surface area contributed by atoms with E-state index < -0.39 is 8.07 Å². The van der Waals surface area contributed by atoms with Crippen LogP contribution in [0.15, 0.2) is 24.3 Å². The third-order valence-electron chi connectivity index (χ3n) is 2.63. The number of halogens is 1. The summed E-state index contributed by atoms with van der Waals surface area (Å²) in [5.41, 5.74) is 0.957. The standard InChI is InChI=1S/C14H19BrO3Si/c1-19(2,3)8-7-18-14(17)12-6-4-5-11(9-12)13(16)10-15/h4-6,9H,7-8,10H2,1-3H3. The average molecular weight is 343 g/mol. The van der Waals surface area contributed by atoms with Crippen molar-refractivity contribution in [1.29, 1.82) is 0 Å². The molecular formula is C14H19BrO3Si. The summed E-state index contributed by atoms with van der Waals surface area (Å²) in [4.78, 5) is 23.4. The number of Topliss-reactive ketones (excluding diaryl/α,β-unsaturated/α-hetero) is 1. The van der Waals surface area contributed by atoms with Crippen molar-refractivity contribution in [2.45, 2.75) is 25.7 Å². The van der Waals surface area contributed by atoms with Crippen LogP contribution >= 0.6 is 15.9 Å². The topological polar surface area (TPSA) is 43.4 Å². The SMILES string of the molecule is C[Si](C)(C)CCOC(=O)c1cccc(C(=O)CBr)c1. The highest BCUT2D eigenvalue weighted by molar-refractivity contribution is 9.09. The maximum atomic E-state index is 11.9. The van der Waals surface area contributed by atoms with Crippen LogP contribution in [-0.2, 0) is 4.74 Å². The molecule has 5 heteroatoms. The number of alkyl halides is 1. The van der Waals surface area contributed by atoms with E-state index in [0.717, 1.165) is 6.04 Å². The van der Waals surface area contributed by atoms with Crippen molar-refractivity contribution in [1.82, 2.24) is 0 Å². The highest BCUT2D eigenvalue weighted by Gasteiger charge is 2.15. The van der Waals surface area contributed by atoms with Crippen LogP contribution in [0.4, 0.5) is 0 Å². The molecule has 1 aromatic carbocycles. The van der Waals surface area contributed by atoms with Gasteiger partial charge in [-0.05, 0) is 18.2 Å². The van der Waals surface area contributed by atoms with Crippen molar-refractivity contribution in [3.8, 4) is 0 Å². The van der Waals surface area contributed by atoms with Crippen LogP contribution in [-0.4, -0.2) is 31.8 Å². The molecule has 0 amide bonds. The smallest absolute Gasteiger partial charge is 0.338 e. The molecule has 0 saturated heterocycles. The normalized spacial score (nSPS) is 11.2. The van der Waals surface area contributed by atoms with E-state index in [1.807, 2.05) is 0 Å². The summed E-state index contributed by atoms with van der Waals surface area (Å²) in [6, 6.07) is 7.59. The molecule has 0 saturated carbocycles. The Hall–Kier alpha value is -0.943. The Kier molecular flexibility index (Phi) is 5.94. The number of benzene rings is 1. The maximum Gasteiger partial charge on any atom is 0.338 e. The molecule has 19 heavy (non-hydrogen) atoms. The second kappa shape index (κ2) is 7.00. The molecule has 104 valence electrons. The molecule has 0 radical (unpaired) electrons. The number of rotatable bonds is 6. The summed E-state index contributed by atoms with van der Waals surface area (Å²) in [6.45, 7) is 7.15. The van der Waals surface area contributed by atoms with Gasteiger partial charge in [0, 0.05) is 13.6 Å². The zero-order valence-electron chi connectivity index (χ0n) is 11.5. The third kappa shape index (κ3) is 5.70. The average Bonchev–Trinajstić information content (AvgIpc) is 2.36. The zero-order valence-corrected chi connectivity index (χ0v) is 14.1. The predicted octanol–water partition coefficient (Wildman–Crippen LogP) is 3.76. The Morgan fingerprint density at radius 3 is 2.42 bits per heavy atom. The molecule has 3 nitrogen and oxygen atoms in total. The van der Waals surface area contributed by atoms with Crippen molar-refractivity contribution < 1.29 is 14.3 Å². The first-order valence-corrected chi connectivity index (χ1v) is 11.0. The summed E-state index contributed by atoms with van der Waals surface area (Å²) < 4.78 is 5.25. The van der Waals surface area contributed by atoms with Crippen LogP contribution in [0.3, 0.4) is 0 Å². The van der Waals surface area contributed by atoms with Crippen LogP contribution in [0, 0.1) is 0 Å². The number of hydrogen-bond donors (Lipinski definition) is 0. The van der Waals surface area contributed by atoms with Crippen LogP contribution in [0.5, 0.6) is 0 Å². The quantitative estimate of drug-likeness (QED) is 0.342. The molecule has 0 atom stereocenters. The van der Waals surface area contributed by atoms with Gasteiger partial charge in [0.2, 0.25) is 0 Å². The lowest BCUT2D eigenvalue weighted by Crippen LogP contribution is -2.22. The maximum absolute atomic E-state index is 11.9. The van der Waals surface area contributed by atoms with E-state index in [2.05, 4.69) is 35.6 Å². The van der Waals surface area contributed by atoms with Gasteiger partial charge in [-0.2, -0.15) is 0 Å². The largest absolute Gasteiger partial charge is 0.462 e. The number of ether oxygens (including phenoxy) is 1. The van der Waals surface area contributed by atoms with Gasteiger partial charge in [-0.3, -0.25) is 4.79 Å². The van der Waals surface area contributed by atoms with E-state index in [-0.39, 0.29) is 17.1 Å². The van der Waals surface area contributed by atoms with Gasteiger partial charge < -0.3 is 4.74 Å². The number of carbonyl (C=O) groups is 2. The van der Waals surface area contributed by atoms with Gasteiger partial charge in [0.15, 0.2) is 5.78 Å². The Balaban J connectivity index is 2.65. The Labute approximate surface area is 123 Å². The van der Waals surface area contributed by atoms with Gasteiger partial charge in [-0.25, -0.2) is 4.79 Å². The van der Waals surface area contributed by atoms with Crippen LogP contribution in [0.25, 0.3) is 0 Å². The monoisotopic (exact) mass is 342 g/mol. The Bertz CT molecular complexity index is 466. The van der Waals surface area contributed by atoms with E-state index >= 15 is 0 Å². The van der Waals surface area contributed by atoms with Crippen LogP contribution in [0.1, 0.15) is 20.7 Å². The van der Waals surface area contributed by atoms with Crippen molar-refractivity contribution in [2.75, 3.05) is 11.9 Å². The van der Waals surface area contributed by atoms with E-state index in [9.17, 15) is 9.59 Å². The molecule has 0 unspecified atom stereocenters. The van der Waals surface area contributed by atoms with Gasteiger partial charge in [0.25, 0.3) is 0 Å². The fourth-order valence-electron chi connectivity index (χ4n) is 1.43. The molecule has 0 aliphatic carbocycles. The summed E-state index contributed by atoms with van der Waals surface area (Å²) in [6.07, 6.45) is 0. The minimum absolute atomic E-state index is 0.0447. The molecule has 1 rings (SSSR count). The van der Waals surface area contributed by atoms with Gasteiger partial charge in [0.1, 0.15) is 0 Å². The number of carbonyl (C=O) groups excluding carboxylic acids is 2. The Morgan fingerprint density at radius 1 is 1.21 bits per heavy atom. The highest BCUT2D eigenvalue weighted by atomic mass is 79.9. The van der Waals surface area contributed by atoms with Crippen molar-refractivity contribution >= 4 is 35.8 Å². The van der Waals surface area contributed by atoms with Crippen LogP contribution in [0.2, 0.25) is 25.7 Å². The lowest BCUT2D eigenvalue weighted by atomic mass is 10.1. The van der Waals surface area contributed by atoms with E-state index in [1.54, 1.807) is 24.3 Å². The van der Waals surface area contributed by atoms with E-state index in [0.29, 0.717) is 17.7 Å². The number of esters is 1. The van der Waals surface area contributed by atoms with Crippen molar-refractivity contribution in [3.63, 3.8) is 0 Å². The molecule has 0 aliphatic heterocycles. The Morgan fingerprint density at radius 2 is 1.84 bits per heavy atom. The molecule has 0 bridgehead atoms. The predicted molar refractivity (Wildman–Crippen MR) is 83.0 cm³/mol. The fourth-order valence-corrected chi connectivity index (χ4v) is 2.47. The van der Waals surface area contributed by atoms with E-state index in [1.165, 1.54) is 0 Å². The minimum atomic E-state index is -1.20. The summed E-state index contributed by atoms with van der Waals surface area (Å²) in [5, 5.41) is 0.251. The van der Waals surface area contributed by atoms with Crippen molar-refractivity contribution in [3.05, 3.63) is 35.4 Å². The molecule has 0 aliphatic rings. The lowest BCUT2D eigenvalue weighted by molar-refractivity contribution is 0.0525. The minimum Gasteiger partial charge on any atom is -0.462 e. The zero-order chi connectivity index (χ0) is 14.5.